The Morgan fingerprint density at radius 2 is 1.49 bits per heavy atom. The van der Waals surface area contributed by atoms with Crippen LogP contribution in [0.5, 0.6) is 0 Å². The first kappa shape index (κ1) is 39.9. The van der Waals surface area contributed by atoms with Crippen molar-refractivity contribution in [3.63, 3.8) is 0 Å². The number of hydrogen-bond acceptors (Lipinski definition) is 6. The molecule has 55 heavy (non-hydrogen) atoms. The molecule has 0 aromatic heterocycles. The molecule has 4 aliphatic rings. The predicted molar refractivity (Wildman–Crippen MR) is 216 cm³/mol. The Labute approximate surface area is 326 Å². The molecule has 0 radical (unpaired) electrons. The molecule has 3 atom stereocenters. The molecular formula is C45H58N5O5+. The fourth-order valence-corrected chi connectivity index (χ4v) is 9.29. The lowest BCUT2D eigenvalue weighted by Crippen LogP contribution is -2.54. The molecule has 292 valence electrons. The zero-order valence-electron chi connectivity index (χ0n) is 32.5. The normalized spacial score (nSPS) is 21.9. The third-order valence-corrected chi connectivity index (χ3v) is 12.4. The number of anilines is 1. The first-order chi connectivity index (χ1) is 26.5. The number of fused-ring (bicyclic) bond motifs is 1. The van der Waals surface area contributed by atoms with E-state index in [2.05, 4.69) is 96.8 Å². The number of carbonyl (C=O) groups excluding carboxylic acids is 3. The van der Waals surface area contributed by atoms with Gasteiger partial charge in [-0.05, 0) is 86.2 Å². The van der Waals surface area contributed by atoms with Gasteiger partial charge in [-0.1, -0.05) is 72.9 Å². The molecule has 2 aromatic carbocycles. The lowest BCUT2D eigenvalue weighted by molar-refractivity contribution is -0.889. The molecule has 3 N–H and O–H groups in total. The van der Waals surface area contributed by atoms with Crippen LogP contribution in [-0.2, 0) is 16.0 Å². The Morgan fingerprint density at radius 3 is 2.05 bits per heavy atom. The van der Waals surface area contributed by atoms with Crippen molar-refractivity contribution >= 4 is 29.4 Å². The number of carbonyl (C=O) groups is 4. The summed E-state index contributed by atoms with van der Waals surface area (Å²) in [6, 6.07) is 15.5. The molecule has 2 aliphatic carbocycles. The quantitative estimate of drug-likeness (QED) is 0.139. The summed E-state index contributed by atoms with van der Waals surface area (Å²) >= 11 is 0. The van der Waals surface area contributed by atoms with E-state index in [-0.39, 0.29) is 41.9 Å². The first-order valence-corrected chi connectivity index (χ1v) is 20.0. The van der Waals surface area contributed by atoms with Gasteiger partial charge in [-0.15, -0.1) is 0 Å². The third-order valence-electron chi connectivity index (χ3n) is 12.4. The van der Waals surface area contributed by atoms with E-state index in [1.807, 2.05) is 0 Å². The van der Waals surface area contributed by atoms with Gasteiger partial charge >= 0.3 is 5.97 Å². The van der Waals surface area contributed by atoms with Crippen molar-refractivity contribution in [2.75, 3.05) is 71.4 Å². The second kappa shape index (κ2) is 17.8. The van der Waals surface area contributed by atoms with Crippen LogP contribution in [-0.4, -0.2) is 110 Å². The number of imide groups is 1. The molecule has 2 aliphatic heterocycles. The number of nitrogens with zero attached hydrogens (tertiary/aromatic N) is 4. The maximum absolute atomic E-state index is 13.7. The molecule has 2 aromatic rings. The van der Waals surface area contributed by atoms with Crippen LogP contribution in [0.1, 0.15) is 64.8 Å². The van der Waals surface area contributed by atoms with Crippen molar-refractivity contribution in [3.8, 4) is 0 Å². The van der Waals surface area contributed by atoms with E-state index < -0.39 is 11.4 Å². The van der Waals surface area contributed by atoms with Gasteiger partial charge < -0.3 is 25.1 Å². The smallest absolute Gasteiger partial charge is 0.303 e. The minimum atomic E-state index is -0.774. The predicted octanol–water partition coefficient (Wildman–Crippen LogP) is 5.72. The van der Waals surface area contributed by atoms with Crippen molar-refractivity contribution < 1.29 is 28.8 Å². The number of aryl methyl sites for hydroxylation is 1. The van der Waals surface area contributed by atoms with Gasteiger partial charge in [0.25, 0.3) is 11.8 Å². The lowest BCUT2D eigenvalue weighted by atomic mass is 9.56. The van der Waals surface area contributed by atoms with E-state index in [4.69, 9.17) is 10.8 Å². The number of carboxylic acid groups (broad SMARTS) is 1. The van der Waals surface area contributed by atoms with Gasteiger partial charge in [-0.25, -0.2) is 0 Å². The Kier molecular flexibility index (Phi) is 12.9. The minimum absolute atomic E-state index is 0.0589. The highest BCUT2D eigenvalue weighted by Gasteiger charge is 2.55. The zero-order chi connectivity index (χ0) is 39.0. The van der Waals surface area contributed by atoms with Gasteiger partial charge in [0.05, 0.1) is 50.3 Å². The molecule has 3 amide bonds. The Morgan fingerprint density at radius 1 is 0.855 bits per heavy atom. The molecular weight excluding hydrogens is 691 g/mol. The summed E-state index contributed by atoms with van der Waals surface area (Å²) in [6.07, 6.45) is 21.7. The summed E-state index contributed by atoms with van der Waals surface area (Å²) in [7, 11) is 4.40. The standard InChI is InChI=1S/C45H57N5O5/c1-50(2,31-12-26-49-42(53)39-18-9-10-19-40(39)43(49)54)32-30-48(38-23-21-34(22-24-38)13-11-20-41(51)52)29-28-47-27-25-37(33-47)45(44(46)55,35-14-5-3-6-15-35)36-16-7-4-8-17-36/h3-10,14,16,18-19,21-24,35-37H,11-13,15,17,20,25-33H2,1-2H3,(H2-,46,51,52,55)/p+1. The van der Waals surface area contributed by atoms with E-state index in [1.54, 1.807) is 24.3 Å². The maximum Gasteiger partial charge on any atom is 0.303 e. The number of benzene rings is 2. The average molecular weight is 749 g/mol. The van der Waals surface area contributed by atoms with Crippen LogP contribution in [0.15, 0.2) is 97.1 Å². The van der Waals surface area contributed by atoms with Gasteiger partial charge in [0.1, 0.15) is 0 Å². The number of primary amides is 1. The molecule has 1 saturated heterocycles. The van der Waals surface area contributed by atoms with Crippen molar-refractivity contribution in [3.05, 3.63) is 114 Å². The van der Waals surface area contributed by atoms with Crippen molar-refractivity contribution in [1.82, 2.24) is 9.80 Å². The number of likely N-dealkylation sites (tertiary alicyclic amines) is 1. The Hall–Kier alpha value is -4.80. The molecule has 0 bridgehead atoms. The van der Waals surface area contributed by atoms with Crippen LogP contribution < -0.4 is 10.6 Å². The van der Waals surface area contributed by atoms with Crippen molar-refractivity contribution in [2.24, 2.45) is 28.9 Å². The van der Waals surface area contributed by atoms with Gasteiger partial charge in [0.15, 0.2) is 0 Å². The second-order valence-electron chi connectivity index (χ2n) is 16.3. The fourth-order valence-electron chi connectivity index (χ4n) is 9.29. The number of aliphatic carboxylic acids is 1. The Balaban J connectivity index is 1.11. The van der Waals surface area contributed by atoms with Gasteiger partial charge in [-0.2, -0.15) is 0 Å². The van der Waals surface area contributed by atoms with Crippen molar-refractivity contribution in [2.45, 2.75) is 44.9 Å². The number of rotatable bonds is 19. The highest BCUT2D eigenvalue weighted by atomic mass is 16.4. The summed E-state index contributed by atoms with van der Waals surface area (Å²) in [4.78, 5) is 57.0. The highest BCUT2D eigenvalue weighted by molar-refractivity contribution is 6.21. The van der Waals surface area contributed by atoms with E-state index in [0.717, 1.165) is 87.2 Å². The van der Waals surface area contributed by atoms with Crippen LogP contribution >= 0.6 is 0 Å². The van der Waals surface area contributed by atoms with Crippen LogP contribution in [0.2, 0.25) is 0 Å². The summed E-state index contributed by atoms with van der Waals surface area (Å²) in [5.74, 6) is -1.12. The number of amides is 3. The topological polar surface area (TPSA) is 124 Å². The SMILES string of the molecule is C[N+](C)(CCCN1C(=O)c2ccccc2C1=O)CCN(CCN1CCC(C(C(N)=O)(C2C=CC=CC2)C2C=CC=CC2)C1)c1ccc(CCCC(=O)O)cc1. The van der Waals surface area contributed by atoms with Gasteiger partial charge in [0.2, 0.25) is 5.91 Å². The maximum atomic E-state index is 13.7. The minimum Gasteiger partial charge on any atom is -0.481 e. The van der Waals surface area contributed by atoms with E-state index in [1.165, 1.54) is 4.90 Å². The summed E-state index contributed by atoms with van der Waals surface area (Å²) < 4.78 is 0.729. The largest absolute Gasteiger partial charge is 0.481 e. The fraction of sp³-hybridized carbons (Fsp3) is 0.467. The van der Waals surface area contributed by atoms with Crippen LogP contribution in [0, 0.1) is 23.2 Å². The molecule has 0 spiro atoms. The second-order valence-corrected chi connectivity index (χ2v) is 16.3. The van der Waals surface area contributed by atoms with Gasteiger partial charge in [0, 0.05) is 44.7 Å². The summed E-state index contributed by atoms with van der Waals surface area (Å²) in [6.45, 7) is 6.25. The summed E-state index contributed by atoms with van der Waals surface area (Å²) in [5, 5.41) is 9.09. The zero-order valence-corrected chi connectivity index (χ0v) is 32.5. The third kappa shape index (κ3) is 9.19. The molecule has 10 heteroatoms. The number of allylic oxidation sites excluding steroid dienone is 8. The summed E-state index contributed by atoms with van der Waals surface area (Å²) in [5.41, 5.74) is 9.00. The van der Waals surface area contributed by atoms with Gasteiger partial charge in [-0.3, -0.25) is 24.1 Å². The van der Waals surface area contributed by atoms with Crippen LogP contribution in [0.3, 0.4) is 0 Å². The Bertz CT molecular complexity index is 1760. The molecule has 10 nitrogen and oxygen atoms in total. The number of carboxylic acids is 1. The highest BCUT2D eigenvalue weighted by Crippen LogP contribution is 2.52. The van der Waals surface area contributed by atoms with E-state index in [9.17, 15) is 19.2 Å². The molecule has 2 heterocycles. The average Bonchev–Trinajstić information content (AvgIpc) is 3.75. The lowest BCUT2D eigenvalue weighted by Gasteiger charge is -2.47. The molecule has 3 unspecified atom stereocenters. The number of hydrogen-bond donors (Lipinski definition) is 2. The van der Waals surface area contributed by atoms with Crippen molar-refractivity contribution in [1.29, 1.82) is 0 Å². The molecule has 1 fully saturated rings. The number of nitrogens with two attached hydrogens (primary N) is 1. The monoisotopic (exact) mass is 748 g/mol. The number of likely N-dealkylation sites (N-methyl/N-ethyl adjacent to an activating group) is 1. The van der Waals surface area contributed by atoms with E-state index >= 15 is 0 Å². The molecule has 0 saturated carbocycles. The first-order valence-electron chi connectivity index (χ1n) is 20.0. The van der Waals surface area contributed by atoms with E-state index in [0.29, 0.717) is 30.5 Å². The van der Waals surface area contributed by atoms with Crippen LogP contribution in [0.25, 0.3) is 0 Å². The van der Waals surface area contributed by atoms with Crippen LogP contribution in [0.4, 0.5) is 5.69 Å². The number of quaternary nitrogens is 1. The molecule has 6 rings (SSSR count).